The third kappa shape index (κ3) is 5.10. The highest BCUT2D eigenvalue weighted by Crippen LogP contribution is 2.45. The van der Waals surface area contributed by atoms with Gasteiger partial charge in [-0.2, -0.15) is 26.3 Å². The van der Waals surface area contributed by atoms with E-state index >= 15 is 0 Å². The summed E-state index contributed by atoms with van der Waals surface area (Å²) in [6.45, 7) is 1.77. The summed E-state index contributed by atoms with van der Waals surface area (Å²) in [5.74, 6) is 0. The molecule has 9 heteroatoms. The second-order valence-electron chi connectivity index (χ2n) is 8.45. The number of aliphatic hydroxyl groups excluding tert-OH is 1. The van der Waals surface area contributed by atoms with E-state index in [1.807, 2.05) is 19.2 Å². The number of hydrogen-bond donors (Lipinski definition) is 1. The highest BCUT2D eigenvalue weighted by atomic mass is 19.4. The van der Waals surface area contributed by atoms with E-state index < -0.39 is 41.3 Å². The zero-order valence-corrected chi connectivity index (χ0v) is 17.7. The van der Waals surface area contributed by atoms with Crippen LogP contribution in [-0.4, -0.2) is 36.8 Å². The van der Waals surface area contributed by atoms with Gasteiger partial charge in [0.25, 0.3) is 0 Å². The first-order valence-electron chi connectivity index (χ1n) is 10.1. The third-order valence-corrected chi connectivity index (χ3v) is 6.02. The normalized spacial score (nSPS) is 19.5. The van der Waals surface area contributed by atoms with Gasteiger partial charge in [-0.25, -0.2) is 0 Å². The SMILES string of the molecule is CN1CCC(OC(C)(CO)c2cc(C(F)(F)F)cc(C(F)(F)F)c2)(c2ccccc2)CC1. The van der Waals surface area contributed by atoms with E-state index in [0.717, 1.165) is 5.56 Å². The van der Waals surface area contributed by atoms with Crippen LogP contribution < -0.4 is 0 Å². The summed E-state index contributed by atoms with van der Waals surface area (Å²) < 4.78 is 86.7. The molecule has 1 aliphatic rings. The number of hydrogen-bond acceptors (Lipinski definition) is 3. The molecule has 3 rings (SSSR count). The number of nitrogens with zero attached hydrogens (tertiary/aromatic N) is 1. The number of piperidine rings is 1. The van der Waals surface area contributed by atoms with Crippen LogP contribution in [0.1, 0.15) is 42.0 Å². The summed E-state index contributed by atoms with van der Waals surface area (Å²) in [6, 6.07) is 10.3. The Morgan fingerprint density at radius 1 is 0.875 bits per heavy atom. The molecule has 32 heavy (non-hydrogen) atoms. The van der Waals surface area contributed by atoms with Crippen LogP contribution in [0.25, 0.3) is 0 Å². The van der Waals surface area contributed by atoms with E-state index in [1.54, 1.807) is 18.2 Å². The van der Waals surface area contributed by atoms with Gasteiger partial charge in [-0.3, -0.25) is 0 Å². The van der Waals surface area contributed by atoms with E-state index in [-0.39, 0.29) is 11.6 Å². The molecule has 0 bridgehead atoms. The van der Waals surface area contributed by atoms with E-state index in [2.05, 4.69) is 4.90 Å². The minimum absolute atomic E-state index is 0.0732. The van der Waals surface area contributed by atoms with E-state index in [1.165, 1.54) is 6.92 Å². The molecule has 0 spiro atoms. The van der Waals surface area contributed by atoms with Crippen molar-refractivity contribution in [3.05, 3.63) is 70.8 Å². The molecule has 0 radical (unpaired) electrons. The zero-order chi connectivity index (χ0) is 23.8. The fourth-order valence-electron chi connectivity index (χ4n) is 4.05. The minimum Gasteiger partial charge on any atom is -0.393 e. The maximum absolute atomic E-state index is 13.4. The van der Waals surface area contributed by atoms with Crippen molar-refractivity contribution < 1.29 is 36.2 Å². The first-order valence-corrected chi connectivity index (χ1v) is 10.1. The summed E-state index contributed by atoms with van der Waals surface area (Å²) in [4.78, 5) is 2.06. The topological polar surface area (TPSA) is 32.7 Å². The number of ether oxygens (including phenoxy) is 1. The number of halogens is 6. The largest absolute Gasteiger partial charge is 0.416 e. The predicted octanol–water partition coefficient (Wildman–Crippen LogP) is 5.57. The van der Waals surface area contributed by atoms with Crippen molar-refractivity contribution in [3.63, 3.8) is 0 Å². The highest BCUT2D eigenvalue weighted by Gasteiger charge is 2.45. The molecule has 1 atom stereocenters. The predicted molar refractivity (Wildman–Crippen MR) is 107 cm³/mol. The fourth-order valence-corrected chi connectivity index (χ4v) is 4.05. The van der Waals surface area contributed by atoms with Crippen LogP contribution in [0.4, 0.5) is 26.3 Å². The fraction of sp³-hybridized carbons (Fsp3) is 0.478. The maximum atomic E-state index is 13.4. The van der Waals surface area contributed by atoms with E-state index in [9.17, 15) is 31.4 Å². The molecule has 3 nitrogen and oxygen atoms in total. The number of rotatable bonds is 5. The van der Waals surface area contributed by atoms with Gasteiger partial charge >= 0.3 is 12.4 Å². The van der Waals surface area contributed by atoms with Crippen molar-refractivity contribution in [3.8, 4) is 0 Å². The molecular weight excluding hydrogens is 436 g/mol. The van der Waals surface area contributed by atoms with Crippen LogP contribution in [-0.2, 0) is 28.3 Å². The number of alkyl halides is 6. The van der Waals surface area contributed by atoms with Gasteiger partial charge in [-0.15, -0.1) is 0 Å². The highest BCUT2D eigenvalue weighted by molar-refractivity contribution is 5.37. The summed E-state index contributed by atoms with van der Waals surface area (Å²) in [6.07, 6.45) is -9.05. The molecule has 0 saturated carbocycles. The van der Waals surface area contributed by atoms with Crippen LogP contribution in [0.2, 0.25) is 0 Å². The van der Waals surface area contributed by atoms with Gasteiger partial charge in [0.2, 0.25) is 0 Å². The van der Waals surface area contributed by atoms with Crippen molar-refractivity contribution in [1.29, 1.82) is 0 Å². The number of aliphatic hydroxyl groups is 1. The molecule has 1 aliphatic heterocycles. The van der Waals surface area contributed by atoms with Gasteiger partial charge in [0.15, 0.2) is 0 Å². The summed E-state index contributed by atoms with van der Waals surface area (Å²) in [5, 5.41) is 10.2. The lowest BCUT2D eigenvalue weighted by Crippen LogP contribution is -2.48. The number of likely N-dealkylation sites (tertiary alicyclic amines) is 1. The molecule has 1 N–H and O–H groups in total. The first kappa shape index (κ1) is 24.5. The van der Waals surface area contributed by atoms with Crippen LogP contribution in [0.3, 0.4) is 0 Å². The van der Waals surface area contributed by atoms with Crippen LogP contribution in [0.15, 0.2) is 48.5 Å². The van der Waals surface area contributed by atoms with Gasteiger partial charge < -0.3 is 14.7 Å². The van der Waals surface area contributed by atoms with Gasteiger partial charge in [0.05, 0.1) is 23.3 Å². The maximum Gasteiger partial charge on any atom is 0.416 e. The van der Waals surface area contributed by atoms with Crippen molar-refractivity contribution >= 4 is 0 Å². The van der Waals surface area contributed by atoms with E-state index in [4.69, 9.17) is 4.74 Å². The molecule has 0 amide bonds. The van der Waals surface area contributed by atoms with Gasteiger partial charge in [0.1, 0.15) is 5.60 Å². The molecule has 2 aromatic carbocycles. The lowest BCUT2D eigenvalue weighted by Gasteiger charge is -2.46. The summed E-state index contributed by atoms with van der Waals surface area (Å²) >= 11 is 0. The molecule has 1 fully saturated rings. The Morgan fingerprint density at radius 2 is 1.34 bits per heavy atom. The first-order chi connectivity index (χ1) is 14.8. The Hall–Kier alpha value is -2.10. The van der Waals surface area contributed by atoms with Crippen molar-refractivity contribution in [1.82, 2.24) is 4.90 Å². The van der Waals surface area contributed by atoms with Crippen molar-refractivity contribution in [2.45, 2.75) is 43.3 Å². The lowest BCUT2D eigenvalue weighted by molar-refractivity contribution is -0.195. The Labute approximate surface area is 182 Å². The average Bonchev–Trinajstić information content (AvgIpc) is 2.74. The summed E-state index contributed by atoms with van der Waals surface area (Å²) in [5.41, 5.74) is -5.28. The Kier molecular flexibility index (Phi) is 6.66. The standard InChI is InChI=1S/C23H25F6NO2/c1-20(15-31,17-12-18(22(24,25)26)14-19(13-17)23(27,28)29)32-21(8-10-30(2)11-9-21)16-6-4-3-5-7-16/h3-7,12-14,31H,8-11,15H2,1-2H3. The van der Waals surface area contributed by atoms with Gasteiger partial charge in [-0.1, -0.05) is 30.3 Å². The molecule has 0 aliphatic carbocycles. The van der Waals surface area contributed by atoms with Gasteiger partial charge in [-0.05, 0) is 56.1 Å². The van der Waals surface area contributed by atoms with E-state index in [0.29, 0.717) is 38.1 Å². The number of benzene rings is 2. The zero-order valence-electron chi connectivity index (χ0n) is 17.7. The monoisotopic (exact) mass is 461 g/mol. The molecule has 0 aromatic heterocycles. The van der Waals surface area contributed by atoms with Crippen LogP contribution >= 0.6 is 0 Å². The molecule has 1 heterocycles. The van der Waals surface area contributed by atoms with Crippen molar-refractivity contribution in [2.75, 3.05) is 26.7 Å². The van der Waals surface area contributed by atoms with Crippen molar-refractivity contribution in [2.24, 2.45) is 0 Å². The van der Waals surface area contributed by atoms with Crippen LogP contribution in [0, 0.1) is 0 Å². The quantitative estimate of drug-likeness (QED) is 0.591. The molecule has 176 valence electrons. The third-order valence-electron chi connectivity index (χ3n) is 6.02. The smallest absolute Gasteiger partial charge is 0.393 e. The average molecular weight is 461 g/mol. The molecule has 1 unspecified atom stereocenters. The summed E-state index contributed by atoms with van der Waals surface area (Å²) in [7, 11) is 1.92. The second kappa shape index (κ2) is 8.68. The Bertz CT molecular complexity index is 888. The van der Waals surface area contributed by atoms with Gasteiger partial charge in [0, 0.05) is 13.1 Å². The second-order valence-corrected chi connectivity index (χ2v) is 8.45. The van der Waals surface area contributed by atoms with Crippen LogP contribution in [0.5, 0.6) is 0 Å². The minimum atomic E-state index is -4.99. The molecule has 2 aromatic rings. The Balaban J connectivity index is 2.12. The molecular formula is C23H25F6NO2. The lowest BCUT2D eigenvalue weighted by atomic mass is 9.82. The Morgan fingerprint density at radius 3 is 1.78 bits per heavy atom. The molecule has 1 saturated heterocycles.